The third kappa shape index (κ3) is 4.61. The van der Waals surface area contributed by atoms with Gasteiger partial charge in [0.2, 0.25) is 10.0 Å². The predicted molar refractivity (Wildman–Crippen MR) is 117 cm³/mol. The van der Waals surface area contributed by atoms with Crippen molar-refractivity contribution in [2.75, 3.05) is 26.3 Å². The van der Waals surface area contributed by atoms with Crippen molar-refractivity contribution in [2.24, 2.45) is 0 Å². The molecule has 0 spiro atoms. The molecule has 2 heterocycles. The standard InChI is InChI=1S/C23H28N2O5S/c1-16-7-8-19-20(15-23(2,3)30-21(19)13-16)24-22(26)17-5-4-6-18(14-17)31(27,28)25-9-11-29-12-10-25/h4-8,13-14,20H,9-12,15H2,1-3H3,(H,24,26)/t20-/m1/s1. The van der Waals surface area contributed by atoms with Crippen LogP contribution >= 0.6 is 0 Å². The number of ether oxygens (including phenoxy) is 2. The third-order valence-corrected chi connectivity index (χ3v) is 7.53. The summed E-state index contributed by atoms with van der Waals surface area (Å²) in [6.45, 7) is 7.35. The zero-order valence-corrected chi connectivity index (χ0v) is 18.9. The van der Waals surface area contributed by atoms with Crippen LogP contribution in [0.3, 0.4) is 0 Å². The van der Waals surface area contributed by atoms with Crippen LogP contribution in [0.25, 0.3) is 0 Å². The second-order valence-electron chi connectivity index (χ2n) is 8.68. The van der Waals surface area contributed by atoms with E-state index in [0.29, 0.717) is 38.3 Å². The van der Waals surface area contributed by atoms with Crippen LogP contribution in [0.15, 0.2) is 47.4 Å². The molecule has 7 nitrogen and oxygen atoms in total. The number of rotatable bonds is 4. The summed E-state index contributed by atoms with van der Waals surface area (Å²) in [5.74, 6) is 0.457. The van der Waals surface area contributed by atoms with Gasteiger partial charge in [-0.3, -0.25) is 4.79 Å². The Balaban J connectivity index is 1.58. The largest absolute Gasteiger partial charge is 0.487 e. The van der Waals surface area contributed by atoms with Gasteiger partial charge >= 0.3 is 0 Å². The minimum Gasteiger partial charge on any atom is -0.487 e. The number of benzene rings is 2. The van der Waals surface area contributed by atoms with Gasteiger partial charge in [-0.05, 0) is 50.6 Å². The second-order valence-corrected chi connectivity index (χ2v) is 10.6. The minimum absolute atomic E-state index is 0.116. The van der Waals surface area contributed by atoms with Crippen molar-refractivity contribution in [1.82, 2.24) is 9.62 Å². The fourth-order valence-electron chi connectivity index (χ4n) is 4.06. The summed E-state index contributed by atoms with van der Waals surface area (Å²) in [6, 6.07) is 11.9. The van der Waals surface area contributed by atoms with Crippen molar-refractivity contribution < 1.29 is 22.7 Å². The van der Waals surface area contributed by atoms with Gasteiger partial charge in [-0.15, -0.1) is 0 Å². The van der Waals surface area contributed by atoms with Crippen molar-refractivity contribution in [3.8, 4) is 5.75 Å². The second kappa shape index (κ2) is 8.26. The molecule has 1 saturated heterocycles. The Hall–Kier alpha value is -2.42. The summed E-state index contributed by atoms with van der Waals surface area (Å²) < 4.78 is 38.7. The molecule has 0 aliphatic carbocycles. The van der Waals surface area contributed by atoms with Crippen molar-refractivity contribution >= 4 is 15.9 Å². The van der Waals surface area contributed by atoms with Crippen LogP contribution in [0, 0.1) is 6.92 Å². The molecule has 2 aliphatic heterocycles. The minimum atomic E-state index is -3.67. The molecule has 1 amide bonds. The molecular formula is C23H28N2O5S. The Morgan fingerprint density at radius 2 is 1.87 bits per heavy atom. The molecule has 166 valence electrons. The number of aryl methyl sites for hydroxylation is 1. The zero-order chi connectivity index (χ0) is 22.2. The van der Waals surface area contributed by atoms with Gasteiger partial charge in [-0.2, -0.15) is 4.31 Å². The molecule has 2 aliphatic rings. The van der Waals surface area contributed by atoms with Crippen molar-refractivity contribution in [1.29, 1.82) is 0 Å². The average Bonchev–Trinajstić information content (AvgIpc) is 2.73. The van der Waals surface area contributed by atoms with Crippen LogP contribution < -0.4 is 10.1 Å². The van der Waals surface area contributed by atoms with Crippen LogP contribution in [0.2, 0.25) is 0 Å². The summed E-state index contributed by atoms with van der Waals surface area (Å²) in [5.41, 5.74) is 1.89. The molecule has 8 heteroatoms. The van der Waals surface area contributed by atoms with Crippen LogP contribution in [-0.4, -0.2) is 50.5 Å². The zero-order valence-electron chi connectivity index (χ0n) is 18.1. The van der Waals surface area contributed by atoms with E-state index in [-0.39, 0.29) is 16.8 Å². The molecule has 4 rings (SSSR count). The van der Waals surface area contributed by atoms with Crippen LogP contribution in [0.5, 0.6) is 5.75 Å². The highest BCUT2D eigenvalue weighted by Crippen LogP contribution is 2.40. The molecule has 2 aromatic rings. The first kappa shape index (κ1) is 21.8. The number of amides is 1. The van der Waals surface area contributed by atoms with E-state index < -0.39 is 15.6 Å². The lowest BCUT2D eigenvalue weighted by molar-refractivity contribution is 0.0619. The van der Waals surface area contributed by atoms with E-state index in [4.69, 9.17) is 9.47 Å². The molecule has 31 heavy (non-hydrogen) atoms. The van der Waals surface area contributed by atoms with Crippen LogP contribution in [-0.2, 0) is 14.8 Å². The summed E-state index contributed by atoms with van der Waals surface area (Å²) in [5, 5.41) is 3.08. The van der Waals surface area contributed by atoms with Gasteiger partial charge in [0.15, 0.2) is 0 Å². The predicted octanol–water partition coefficient (Wildman–Crippen LogP) is 3.05. The third-order valence-electron chi connectivity index (χ3n) is 5.64. The van der Waals surface area contributed by atoms with Gasteiger partial charge in [0.05, 0.1) is 24.2 Å². The number of nitrogens with one attached hydrogen (secondary N) is 1. The average molecular weight is 445 g/mol. The molecule has 0 aromatic heterocycles. The topological polar surface area (TPSA) is 84.9 Å². The molecule has 0 unspecified atom stereocenters. The van der Waals surface area contributed by atoms with Gasteiger partial charge in [-0.25, -0.2) is 8.42 Å². The van der Waals surface area contributed by atoms with E-state index in [1.165, 1.54) is 16.4 Å². The van der Waals surface area contributed by atoms with E-state index in [1.807, 2.05) is 39.0 Å². The SMILES string of the molecule is Cc1ccc2c(c1)OC(C)(C)C[C@H]2NC(=O)c1cccc(S(=O)(=O)N2CCOCC2)c1. The maximum Gasteiger partial charge on any atom is 0.251 e. The number of carbonyl (C=O) groups excluding carboxylic acids is 1. The maximum absolute atomic E-state index is 13.1. The summed E-state index contributed by atoms with van der Waals surface area (Å²) in [6.07, 6.45) is 0.612. The van der Waals surface area contributed by atoms with Gasteiger partial charge in [0.25, 0.3) is 5.91 Å². The highest BCUT2D eigenvalue weighted by molar-refractivity contribution is 7.89. The fraction of sp³-hybridized carbons (Fsp3) is 0.435. The van der Waals surface area contributed by atoms with E-state index >= 15 is 0 Å². The Morgan fingerprint density at radius 3 is 2.61 bits per heavy atom. The number of hydrogen-bond acceptors (Lipinski definition) is 5. The molecule has 0 bridgehead atoms. The van der Waals surface area contributed by atoms with Gasteiger partial charge in [-0.1, -0.05) is 18.2 Å². The van der Waals surface area contributed by atoms with E-state index in [2.05, 4.69) is 5.32 Å². The van der Waals surface area contributed by atoms with Crippen LogP contribution in [0.1, 0.15) is 47.8 Å². The van der Waals surface area contributed by atoms with E-state index in [9.17, 15) is 13.2 Å². The Labute approximate surface area is 183 Å². The monoisotopic (exact) mass is 444 g/mol. The first-order valence-corrected chi connectivity index (χ1v) is 11.9. The van der Waals surface area contributed by atoms with Crippen molar-refractivity contribution in [3.63, 3.8) is 0 Å². The lowest BCUT2D eigenvalue weighted by Crippen LogP contribution is -2.41. The van der Waals surface area contributed by atoms with Crippen LogP contribution in [0.4, 0.5) is 0 Å². The van der Waals surface area contributed by atoms with Crippen molar-refractivity contribution in [3.05, 3.63) is 59.2 Å². The number of carbonyl (C=O) groups is 1. The van der Waals surface area contributed by atoms with Gasteiger partial charge in [0, 0.05) is 30.6 Å². The lowest BCUT2D eigenvalue weighted by atomic mass is 9.89. The number of nitrogens with zero attached hydrogens (tertiary/aromatic N) is 1. The highest BCUT2D eigenvalue weighted by atomic mass is 32.2. The number of hydrogen-bond donors (Lipinski definition) is 1. The molecule has 0 saturated carbocycles. The lowest BCUT2D eigenvalue weighted by Gasteiger charge is -2.38. The first-order chi connectivity index (χ1) is 14.7. The maximum atomic E-state index is 13.1. The quantitative estimate of drug-likeness (QED) is 0.784. The molecule has 1 N–H and O–H groups in total. The number of morpholine rings is 1. The normalized spacial score (nSPS) is 21.1. The van der Waals surface area contributed by atoms with E-state index in [1.54, 1.807) is 12.1 Å². The Kier molecular flexibility index (Phi) is 5.81. The fourth-order valence-corrected chi connectivity index (χ4v) is 5.52. The molecule has 0 radical (unpaired) electrons. The number of fused-ring (bicyclic) bond motifs is 1. The molecule has 2 aromatic carbocycles. The summed E-state index contributed by atoms with van der Waals surface area (Å²) in [4.78, 5) is 13.2. The Morgan fingerprint density at radius 1 is 1.13 bits per heavy atom. The first-order valence-electron chi connectivity index (χ1n) is 10.4. The molecule has 1 fully saturated rings. The molecule has 1 atom stereocenters. The van der Waals surface area contributed by atoms with Gasteiger partial charge in [0.1, 0.15) is 11.4 Å². The summed E-state index contributed by atoms with van der Waals surface area (Å²) in [7, 11) is -3.67. The summed E-state index contributed by atoms with van der Waals surface area (Å²) >= 11 is 0. The molecular weight excluding hydrogens is 416 g/mol. The van der Waals surface area contributed by atoms with Gasteiger partial charge < -0.3 is 14.8 Å². The van der Waals surface area contributed by atoms with Crippen molar-refractivity contribution in [2.45, 2.75) is 43.7 Å². The van der Waals surface area contributed by atoms with E-state index in [0.717, 1.165) is 16.9 Å². The highest BCUT2D eigenvalue weighted by Gasteiger charge is 2.35. The smallest absolute Gasteiger partial charge is 0.251 e. The Bertz CT molecular complexity index is 1090. The number of sulfonamides is 1.